The lowest BCUT2D eigenvalue weighted by atomic mass is 9.90. The van der Waals surface area contributed by atoms with Crippen LogP contribution < -0.4 is 10.2 Å². The minimum absolute atomic E-state index is 0.247. The predicted octanol–water partition coefficient (Wildman–Crippen LogP) is 4.04. The van der Waals surface area contributed by atoms with Crippen molar-refractivity contribution in [1.82, 2.24) is 5.32 Å². The Bertz CT molecular complexity index is 532. The highest BCUT2D eigenvalue weighted by molar-refractivity contribution is 5.73. The molecular weight excluding hydrogens is 307 g/mol. The average molecular weight is 338 g/mol. The first-order chi connectivity index (χ1) is 11.3. The number of rotatable bonds is 11. The Balaban J connectivity index is 2.63. The van der Waals surface area contributed by atoms with Crippen LogP contribution in [0.15, 0.2) is 18.2 Å². The molecule has 0 aliphatic carbocycles. The SMILES string of the molecule is CCCCCN(C)c1ccc(F)cc1CNCCC(C)(C)C(=O)O. The van der Waals surface area contributed by atoms with E-state index in [1.165, 1.54) is 18.9 Å². The Hall–Kier alpha value is -1.62. The van der Waals surface area contributed by atoms with Crippen molar-refractivity contribution in [2.24, 2.45) is 5.41 Å². The molecule has 0 aromatic heterocycles. The van der Waals surface area contributed by atoms with E-state index in [4.69, 9.17) is 5.11 Å². The van der Waals surface area contributed by atoms with Crippen molar-refractivity contribution in [2.45, 2.75) is 53.0 Å². The summed E-state index contributed by atoms with van der Waals surface area (Å²) in [5, 5.41) is 12.4. The summed E-state index contributed by atoms with van der Waals surface area (Å²) in [6.07, 6.45) is 4.00. The van der Waals surface area contributed by atoms with Gasteiger partial charge in [-0.15, -0.1) is 0 Å². The molecule has 0 fully saturated rings. The van der Waals surface area contributed by atoms with E-state index in [1.54, 1.807) is 19.9 Å². The summed E-state index contributed by atoms with van der Waals surface area (Å²) in [5.74, 6) is -1.05. The molecule has 136 valence electrons. The molecule has 4 nitrogen and oxygen atoms in total. The van der Waals surface area contributed by atoms with Crippen LogP contribution in [0.4, 0.5) is 10.1 Å². The van der Waals surface area contributed by atoms with Gasteiger partial charge in [-0.3, -0.25) is 4.79 Å². The molecule has 0 amide bonds. The Morgan fingerprint density at radius 2 is 2.04 bits per heavy atom. The topological polar surface area (TPSA) is 52.6 Å². The molecule has 0 aliphatic heterocycles. The fraction of sp³-hybridized carbons (Fsp3) is 0.632. The van der Waals surface area contributed by atoms with Crippen LogP contribution in [0.3, 0.4) is 0 Å². The molecule has 0 spiro atoms. The van der Waals surface area contributed by atoms with E-state index < -0.39 is 11.4 Å². The number of nitrogens with zero attached hydrogens (tertiary/aromatic N) is 1. The van der Waals surface area contributed by atoms with Crippen LogP contribution in [0.1, 0.15) is 52.0 Å². The molecule has 0 radical (unpaired) electrons. The summed E-state index contributed by atoms with van der Waals surface area (Å²) in [7, 11) is 2.03. The monoisotopic (exact) mass is 338 g/mol. The van der Waals surface area contributed by atoms with E-state index in [0.29, 0.717) is 19.5 Å². The maximum Gasteiger partial charge on any atom is 0.309 e. The largest absolute Gasteiger partial charge is 0.481 e. The second-order valence-corrected chi connectivity index (χ2v) is 7.02. The lowest BCUT2D eigenvalue weighted by Crippen LogP contribution is -2.29. The second-order valence-electron chi connectivity index (χ2n) is 7.02. The van der Waals surface area contributed by atoms with Crippen molar-refractivity contribution >= 4 is 11.7 Å². The molecule has 0 saturated heterocycles. The average Bonchev–Trinajstić information content (AvgIpc) is 2.51. The van der Waals surface area contributed by atoms with Gasteiger partial charge in [-0.1, -0.05) is 19.8 Å². The molecular formula is C19H31FN2O2. The summed E-state index contributed by atoms with van der Waals surface area (Å²) in [6, 6.07) is 4.86. The van der Waals surface area contributed by atoms with Gasteiger partial charge in [-0.2, -0.15) is 0 Å². The quantitative estimate of drug-likeness (QED) is 0.598. The van der Waals surface area contributed by atoms with Crippen LogP contribution in [-0.4, -0.2) is 31.2 Å². The number of carbonyl (C=O) groups is 1. The predicted molar refractivity (Wildman–Crippen MR) is 96.9 cm³/mol. The van der Waals surface area contributed by atoms with E-state index in [2.05, 4.69) is 17.1 Å². The normalized spacial score (nSPS) is 11.5. The highest BCUT2D eigenvalue weighted by Gasteiger charge is 2.26. The number of carboxylic acid groups (broad SMARTS) is 1. The van der Waals surface area contributed by atoms with Crippen LogP contribution in [0.25, 0.3) is 0 Å². The number of hydrogen-bond donors (Lipinski definition) is 2. The van der Waals surface area contributed by atoms with Crippen molar-refractivity contribution in [2.75, 3.05) is 25.0 Å². The summed E-state index contributed by atoms with van der Waals surface area (Å²) < 4.78 is 13.6. The summed E-state index contributed by atoms with van der Waals surface area (Å²) in [5.41, 5.74) is 1.17. The Morgan fingerprint density at radius 3 is 2.67 bits per heavy atom. The molecule has 1 aromatic carbocycles. The van der Waals surface area contributed by atoms with Gasteiger partial charge in [0.2, 0.25) is 0 Å². The molecule has 0 unspecified atom stereocenters. The zero-order valence-corrected chi connectivity index (χ0v) is 15.4. The molecule has 0 bridgehead atoms. The standard InChI is InChI=1S/C19H31FN2O2/c1-5-6-7-12-22(4)17-9-8-16(20)13-15(17)14-21-11-10-19(2,3)18(23)24/h8-9,13,21H,5-7,10-12,14H2,1-4H3,(H,23,24). The van der Waals surface area contributed by atoms with Crippen molar-refractivity contribution < 1.29 is 14.3 Å². The first-order valence-corrected chi connectivity index (χ1v) is 8.71. The number of benzene rings is 1. The molecule has 0 aliphatic rings. The van der Waals surface area contributed by atoms with Gasteiger partial charge >= 0.3 is 5.97 Å². The van der Waals surface area contributed by atoms with Crippen LogP contribution >= 0.6 is 0 Å². The van der Waals surface area contributed by atoms with Gasteiger partial charge in [0.15, 0.2) is 0 Å². The highest BCUT2D eigenvalue weighted by Crippen LogP contribution is 2.22. The van der Waals surface area contributed by atoms with Crippen LogP contribution in [0.2, 0.25) is 0 Å². The Morgan fingerprint density at radius 1 is 1.33 bits per heavy atom. The molecule has 2 N–H and O–H groups in total. The van der Waals surface area contributed by atoms with Gasteiger partial charge in [0, 0.05) is 25.8 Å². The van der Waals surface area contributed by atoms with Crippen molar-refractivity contribution in [3.8, 4) is 0 Å². The van der Waals surface area contributed by atoms with Crippen LogP contribution in [-0.2, 0) is 11.3 Å². The lowest BCUT2D eigenvalue weighted by molar-refractivity contribution is -0.147. The number of unbranched alkanes of at least 4 members (excludes halogenated alkanes) is 2. The van der Waals surface area contributed by atoms with Crippen LogP contribution in [0, 0.1) is 11.2 Å². The highest BCUT2D eigenvalue weighted by atomic mass is 19.1. The van der Waals surface area contributed by atoms with Gasteiger partial charge in [0.25, 0.3) is 0 Å². The van der Waals surface area contributed by atoms with E-state index >= 15 is 0 Å². The molecule has 5 heteroatoms. The van der Waals surface area contributed by atoms with E-state index in [1.807, 2.05) is 13.1 Å². The summed E-state index contributed by atoms with van der Waals surface area (Å²) >= 11 is 0. The van der Waals surface area contributed by atoms with Crippen molar-refractivity contribution in [1.29, 1.82) is 0 Å². The Labute approximate surface area is 145 Å². The number of carboxylic acids is 1. The molecule has 24 heavy (non-hydrogen) atoms. The smallest absolute Gasteiger partial charge is 0.309 e. The third-order valence-electron chi connectivity index (χ3n) is 4.37. The molecule has 0 atom stereocenters. The van der Waals surface area contributed by atoms with E-state index in [9.17, 15) is 9.18 Å². The van der Waals surface area contributed by atoms with Gasteiger partial charge in [-0.05, 0) is 57.0 Å². The number of aliphatic carboxylic acids is 1. The number of nitrogens with one attached hydrogen (secondary N) is 1. The van der Waals surface area contributed by atoms with E-state index in [0.717, 1.165) is 24.2 Å². The van der Waals surface area contributed by atoms with Crippen molar-refractivity contribution in [3.63, 3.8) is 0 Å². The zero-order chi connectivity index (χ0) is 18.2. The molecule has 1 aromatic rings. The fourth-order valence-corrected chi connectivity index (χ4v) is 2.52. The third-order valence-corrected chi connectivity index (χ3v) is 4.37. The second kappa shape index (κ2) is 9.62. The zero-order valence-electron chi connectivity index (χ0n) is 15.4. The number of hydrogen-bond acceptors (Lipinski definition) is 3. The first-order valence-electron chi connectivity index (χ1n) is 8.71. The summed E-state index contributed by atoms with van der Waals surface area (Å²) in [4.78, 5) is 13.3. The molecule has 0 heterocycles. The third kappa shape index (κ3) is 6.48. The Kier molecular flexibility index (Phi) is 8.19. The molecule has 0 saturated carbocycles. The fourth-order valence-electron chi connectivity index (χ4n) is 2.52. The number of anilines is 1. The first kappa shape index (κ1) is 20.4. The van der Waals surface area contributed by atoms with Crippen molar-refractivity contribution in [3.05, 3.63) is 29.6 Å². The van der Waals surface area contributed by atoms with Crippen LogP contribution in [0.5, 0.6) is 0 Å². The van der Waals surface area contributed by atoms with Gasteiger partial charge in [-0.25, -0.2) is 4.39 Å². The minimum atomic E-state index is -0.800. The maximum absolute atomic E-state index is 13.6. The lowest BCUT2D eigenvalue weighted by Gasteiger charge is -2.23. The molecule has 1 rings (SSSR count). The maximum atomic E-state index is 13.6. The number of halogens is 1. The van der Waals surface area contributed by atoms with Gasteiger partial charge in [0.05, 0.1) is 5.41 Å². The van der Waals surface area contributed by atoms with Gasteiger partial charge < -0.3 is 15.3 Å². The minimum Gasteiger partial charge on any atom is -0.481 e. The van der Waals surface area contributed by atoms with E-state index in [-0.39, 0.29) is 5.82 Å². The van der Waals surface area contributed by atoms with Gasteiger partial charge in [0.1, 0.15) is 5.82 Å². The summed E-state index contributed by atoms with van der Waals surface area (Å²) in [6.45, 7) is 7.65.